The molecule has 6 nitrogen and oxygen atoms in total. The highest BCUT2D eigenvalue weighted by atomic mass is 16.5. The molecule has 0 radical (unpaired) electrons. The minimum atomic E-state index is -0.725. The van der Waals surface area contributed by atoms with Crippen LogP contribution in [0.2, 0.25) is 0 Å². The predicted octanol–water partition coefficient (Wildman–Crippen LogP) is 3.97. The number of amides is 1. The second kappa shape index (κ2) is 10.6. The summed E-state index contributed by atoms with van der Waals surface area (Å²) in [7, 11) is 0. The van der Waals surface area contributed by atoms with Crippen molar-refractivity contribution in [3.05, 3.63) is 88.7 Å². The quantitative estimate of drug-likeness (QED) is 0.447. The molecule has 0 fully saturated rings. The van der Waals surface area contributed by atoms with Crippen LogP contribution in [0.4, 0.5) is 0 Å². The fourth-order valence-electron chi connectivity index (χ4n) is 3.80. The number of nitrogens with zero attached hydrogens (tertiary/aromatic N) is 1. The zero-order chi connectivity index (χ0) is 24.0. The maximum atomic E-state index is 13.2. The first-order valence-electron chi connectivity index (χ1n) is 11.0. The average molecular weight is 450 g/mol. The molecule has 2 N–H and O–H groups in total. The minimum Gasteiger partial charge on any atom is -0.503 e. The highest BCUT2D eigenvalue weighted by Gasteiger charge is 2.42. The normalized spacial score (nSPS) is 16.8. The molecule has 6 heteroatoms. The van der Waals surface area contributed by atoms with Gasteiger partial charge in [-0.25, -0.2) is 0 Å². The molecule has 0 saturated carbocycles. The molecule has 1 aliphatic rings. The number of carbonyl (C=O) groups excluding carboxylic acids is 2. The van der Waals surface area contributed by atoms with Gasteiger partial charge < -0.3 is 19.8 Å². The Labute approximate surface area is 194 Å². The van der Waals surface area contributed by atoms with E-state index >= 15 is 0 Å². The molecule has 0 aromatic heterocycles. The van der Waals surface area contributed by atoms with E-state index < -0.39 is 23.5 Å². The fourth-order valence-corrected chi connectivity index (χ4v) is 3.80. The van der Waals surface area contributed by atoms with Crippen molar-refractivity contribution in [2.45, 2.75) is 32.2 Å². The van der Waals surface area contributed by atoms with Gasteiger partial charge in [-0.1, -0.05) is 81.4 Å². The summed E-state index contributed by atoms with van der Waals surface area (Å²) in [6.45, 7) is 6.72. The molecule has 0 spiro atoms. The van der Waals surface area contributed by atoms with Gasteiger partial charge in [-0.3, -0.25) is 9.59 Å². The number of hydrogen-bond donors (Lipinski definition) is 2. The van der Waals surface area contributed by atoms with Gasteiger partial charge in [0.05, 0.1) is 31.4 Å². The highest BCUT2D eigenvalue weighted by molar-refractivity contribution is 6.14. The lowest BCUT2D eigenvalue weighted by Crippen LogP contribution is -2.34. The van der Waals surface area contributed by atoms with Gasteiger partial charge in [-0.05, 0) is 28.2 Å². The Morgan fingerprint density at radius 3 is 2.33 bits per heavy atom. The van der Waals surface area contributed by atoms with Crippen LogP contribution in [0.1, 0.15) is 43.5 Å². The fraction of sp³-hybridized carbons (Fsp3) is 0.333. The van der Waals surface area contributed by atoms with E-state index in [9.17, 15) is 14.7 Å². The van der Waals surface area contributed by atoms with E-state index in [2.05, 4.69) is 20.8 Å². The van der Waals surface area contributed by atoms with Crippen molar-refractivity contribution in [2.24, 2.45) is 0 Å². The van der Waals surface area contributed by atoms with E-state index in [-0.39, 0.29) is 37.4 Å². The first kappa shape index (κ1) is 24.4. The zero-order valence-electron chi connectivity index (χ0n) is 19.3. The first-order chi connectivity index (χ1) is 15.7. The molecule has 1 amide bonds. The van der Waals surface area contributed by atoms with E-state index in [0.717, 1.165) is 16.7 Å². The predicted molar refractivity (Wildman–Crippen MR) is 128 cm³/mol. The number of aliphatic hydroxyl groups excluding tert-OH is 2. The van der Waals surface area contributed by atoms with Crippen LogP contribution in [-0.2, 0) is 19.7 Å². The molecule has 1 heterocycles. The summed E-state index contributed by atoms with van der Waals surface area (Å²) in [5.74, 6) is -1.57. The lowest BCUT2D eigenvalue weighted by molar-refractivity contribution is -0.130. The van der Waals surface area contributed by atoms with Crippen LogP contribution >= 0.6 is 0 Å². The molecule has 3 rings (SSSR count). The smallest absolute Gasteiger partial charge is 0.290 e. The average Bonchev–Trinajstić information content (AvgIpc) is 3.05. The van der Waals surface area contributed by atoms with Gasteiger partial charge in [0.15, 0.2) is 11.5 Å². The third-order valence-electron chi connectivity index (χ3n) is 5.60. The van der Waals surface area contributed by atoms with Gasteiger partial charge in [0.1, 0.15) is 0 Å². The largest absolute Gasteiger partial charge is 0.503 e. The number of ether oxygens (including phenoxy) is 1. The van der Waals surface area contributed by atoms with E-state index in [1.807, 2.05) is 54.6 Å². The van der Waals surface area contributed by atoms with Crippen molar-refractivity contribution in [1.29, 1.82) is 0 Å². The zero-order valence-corrected chi connectivity index (χ0v) is 19.3. The Morgan fingerprint density at radius 2 is 1.73 bits per heavy atom. The number of ketones is 1. The van der Waals surface area contributed by atoms with E-state index in [1.165, 1.54) is 11.0 Å². The van der Waals surface area contributed by atoms with Crippen LogP contribution in [0.3, 0.4) is 0 Å². The van der Waals surface area contributed by atoms with Crippen LogP contribution in [0.25, 0.3) is 6.08 Å². The third kappa shape index (κ3) is 5.78. The molecular formula is C27H31NO5. The lowest BCUT2D eigenvalue weighted by atomic mass is 9.85. The lowest BCUT2D eigenvalue weighted by Gasteiger charge is -2.27. The number of aliphatic hydroxyl groups is 2. The Kier molecular flexibility index (Phi) is 7.84. The van der Waals surface area contributed by atoms with Crippen LogP contribution in [-0.4, -0.2) is 53.2 Å². The highest BCUT2D eigenvalue weighted by Crippen LogP contribution is 2.38. The summed E-state index contributed by atoms with van der Waals surface area (Å²) in [6.07, 6.45) is 3.05. The number of rotatable bonds is 9. The van der Waals surface area contributed by atoms with Crippen molar-refractivity contribution in [3.8, 4) is 0 Å². The molecule has 174 valence electrons. The minimum absolute atomic E-state index is 0.0447. The van der Waals surface area contributed by atoms with Crippen molar-refractivity contribution in [3.63, 3.8) is 0 Å². The maximum Gasteiger partial charge on any atom is 0.290 e. The van der Waals surface area contributed by atoms with Crippen molar-refractivity contribution in [2.75, 3.05) is 26.4 Å². The van der Waals surface area contributed by atoms with Crippen molar-refractivity contribution < 1.29 is 24.5 Å². The number of benzene rings is 2. The van der Waals surface area contributed by atoms with Gasteiger partial charge in [-0.2, -0.15) is 0 Å². The maximum absolute atomic E-state index is 13.2. The van der Waals surface area contributed by atoms with Gasteiger partial charge in [0, 0.05) is 6.54 Å². The topological polar surface area (TPSA) is 87.1 Å². The van der Waals surface area contributed by atoms with Crippen LogP contribution in [0, 0.1) is 0 Å². The third-order valence-corrected chi connectivity index (χ3v) is 5.60. The molecule has 2 aromatic carbocycles. The van der Waals surface area contributed by atoms with Gasteiger partial charge in [0.25, 0.3) is 5.91 Å². The molecule has 1 aliphatic heterocycles. The van der Waals surface area contributed by atoms with Gasteiger partial charge >= 0.3 is 0 Å². The Morgan fingerprint density at radius 1 is 1.06 bits per heavy atom. The molecule has 33 heavy (non-hydrogen) atoms. The molecule has 0 aliphatic carbocycles. The molecular weight excluding hydrogens is 418 g/mol. The summed E-state index contributed by atoms with van der Waals surface area (Å²) in [4.78, 5) is 27.5. The Hall–Kier alpha value is -3.22. The summed E-state index contributed by atoms with van der Waals surface area (Å²) in [5, 5.41) is 19.6. The molecule has 0 saturated heterocycles. The standard InChI is InChI=1S/C27H31NO5/c1-27(2,3)21-12-10-20(11-13-21)24-23(22(30)14-9-19-7-5-4-6-8-19)25(31)26(32)28(24)15-17-33-18-16-29/h4-14,24,29,31H,15-18H2,1-3H3/b14-9+. The van der Waals surface area contributed by atoms with Crippen LogP contribution in [0.15, 0.2) is 72.0 Å². The summed E-state index contributed by atoms with van der Waals surface area (Å²) in [6, 6.07) is 16.4. The molecule has 2 aromatic rings. The number of allylic oxidation sites excluding steroid dienone is 1. The summed E-state index contributed by atoms with van der Waals surface area (Å²) >= 11 is 0. The molecule has 1 unspecified atom stereocenters. The Balaban J connectivity index is 1.95. The SMILES string of the molecule is CC(C)(C)c1ccc(C2C(C(=O)/C=C/c3ccccc3)=C(O)C(=O)N2CCOCCO)cc1. The van der Waals surface area contributed by atoms with E-state index in [4.69, 9.17) is 9.84 Å². The molecule has 0 bridgehead atoms. The second-order valence-electron chi connectivity index (χ2n) is 8.98. The summed E-state index contributed by atoms with van der Waals surface area (Å²) < 4.78 is 5.33. The van der Waals surface area contributed by atoms with Crippen LogP contribution < -0.4 is 0 Å². The molecule has 1 atom stereocenters. The Bertz CT molecular complexity index is 1030. The monoisotopic (exact) mass is 449 g/mol. The second-order valence-corrected chi connectivity index (χ2v) is 8.98. The van der Waals surface area contributed by atoms with Crippen molar-refractivity contribution in [1.82, 2.24) is 4.90 Å². The summed E-state index contributed by atoms with van der Waals surface area (Å²) in [5.41, 5.74) is 2.71. The van der Waals surface area contributed by atoms with Gasteiger partial charge in [-0.15, -0.1) is 0 Å². The van der Waals surface area contributed by atoms with Gasteiger partial charge in [0.2, 0.25) is 0 Å². The number of carbonyl (C=O) groups is 2. The first-order valence-corrected chi connectivity index (χ1v) is 11.0. The number of hydrogen-bond acceptors (Lipinski definition) is 5. The van der Waals surface area contributed by atoms with Crippen LogP contribution in [0.5, 0.6) is 0 Å². The van der Waals surface area contributed by atoms with Crippen molar-refractivity contribution >= 4 is 17.8 Å². The van der Waals surface area contributed by atoms with E-state index in [1.54, 1.807) is 6.08 Å². The van der Waals surface area contributed by atoms with E-state index in [0.29, 0.717) is 0 Å².